The Hall–Kier alpha value is -4.35. The van der Waals surface area contributed by atoms with Gasteiger partial charge < -0.3 is 10.0 Å². The van der Waals surface area contributed by atoms with Gasteiger partial charge in [-0.25, -0.2) is 0 Å². The third kappa shape index (κ3) is 5.82. The second-order valence-corrected chi connectivity index (χ2v) is 9.04. The Morgan fingerprint density at radius 3 is 2.33 bits per heavy atom. The van der Waals surface area contributed by atoms with Crippen LogP contribution in [0, 0.1) is 29.1 Å². The molecule has 0 aromatic heterocycles. The Morgan fingerprint density at radius 2 is 1.67 bits per heavy atom. The number of nitrogens with zero attached hydrogens (tertiary/aromatic N) is 2. The van der Waals surface area contributed by atoms with E-state index in [0.717, 1.165) is 34.2 Å². The van der Waals surface area contributed by atoms with Crippen LogP contribution in [0.3, 0.4) is 0 Å². The maximum atomic E-state index is 13.6. The Balaban J connectivity index is 1.66. The lowest BCUT2D eigenvalue weighted by molar-refractivity contribution is -0.145. The van der Waals surface area contributed by atoms with Crippen LogP contribution in [0.4, 0.5) is 0 Å². The summed E-state index contributed by atoms with van der Waals surface area (Å²) in [5, 5.41) is 18.5. The molecule has 5 heteroatoms. The minimum absolute atomic E-state index is 0.0957. The average Bonchev–Trinajstić information content (AvgIpc) is 3.00. The molecule has 3 aromatic rings. The lowest BCUT2D eigenvalue weighted by atomic mass is 9.91. The first-order chi connectivity index (χ1) is 17.5. The number of fused-ring (bicyclic) bond motifs is 1. The van der Waals surface area contributed by atoms with E-state index in [1.165, 1.54) is 0 Å². The van der Waals surface area contributed by atoms with Gasteiger partial charge in [0.1, 0.15) is 0 Å². The molecular weight excluding hydrogens is 448 g/mol. The molecule has 0 aliphatic carbocycles. The molecule has 0 fully saturated rings. The highest BCUT2D eigenvalue weighted by Crippen LogP contribution is 2.35. The number of benzene rings is 3. The second kappa shape index (κ2) is 11.4. The number of rotatable bonds is 6. The van der Waals surface area contributed by atoms with Gasteiger partial charge in [0.05, 0.1) is 30.0 Å². The fraction of sp³-hybridized carbons (Fsp3) is 0.258. The first-order valence-electron chi connectivity index (χ1n) is 12.2. The highest BCUT2D eigenvalue weighted by Gasteiger charge is 2.36. The molecule has 36 heavy (non-hydrogen) atoms. The fourth-order valence-corrected chi connectivity index (χ4v) is 4.84. The van der Waals surface area contributed by atoms with Gasteiger partial charge in [-0.15, -0.1) is 0 Å². The van der Waals surface area contributed by atoms with Crippen molar-refractivity contribution in [3.05, 3.63) is 106 Å². The predicted molar refractivity (Wildman–Crippen MR) is 138 cm³/mol. The van der Waals surface area contributed by atoms with Gasteiger partial charge in [0, 0.05) is 17.7 Å². The zero-order valence-corrected chi connectivity index (χ0v) is 20.3. The van der Waals surface area contributed by atoms with E-state index in [1.807, 2.05) is 65.6 Å². The highest BCUT2D eigenvalue weighted by atomic mass is 16.4. The van der Waals surface area contributed by atoms with E-state index in [9.17, 15) is 14.7 Å². The summed E-state index contributed by atoms with van der Waals surface area (Å²) in [4.78, 5) is 27.1. The third-order valence-corrected chi connectivity index (χ3v) is 6.63. The Kier molecular flexibility index (Phi) is 7.83. The van der Waals surface area contributed by atoms with E-state index in [-0.39, 0.29) is 18.4 Å². The number of carboxylic acids is 1. The van der Waals surface area contributed by atoms with Crippen LogP contribution < -0.4 is 0 Å². The van der Waals surface area contributed by atoms with Crippen LogP contribution in [0.2, 0.25) is 0 Å². The van der Waals surface area contributed by atoms with Crippen molar-refractivity contribution in [3.63, 3.8) is 0 Å². The molecule has 1 aliphatic heterocycles. The van der Waals surface area contributed by atoms with Crippen LogP contribution in [0.25, 0.3) is 0 Å². The Bertz CT molecular complexity index is 1340. The molecule has 2 unspecified atom stereocenters. The SMILES string of the molecule is CCC1c2ccc(C#Cc3ccc(C#N)cc3)cc2CC(CC(=O)O)C(=O)N1CCc1ccccc1. The quantitative estimate of drug-likeness (QED) is 0.500. The summed E-state index contributed by atoms with van der Waals surface area (Å²) in [6.45, 7) is 2.60. The first kappa shape index (κ1) is 24.8. The van der Waals surface area contributed by atoms with Gasteiger partial charge in [-0.05, 0) is 72.4 Å². The van der Waals surface area contributed by atoms with Gasteiger partial charge in [-0.1, -0.05) is 55.2 Å². The largest absolute Gasteiger partial charge is 0.481 e. The van der Waals surface area contributed by atoms with Crippen LogP contribution >= 0.6 is 0 Å². The van der Waals surface area contributed by atoms with Crippen LogP contribution in [-0.2, 0) is 22.4 Å². The molecule has 1 amide bonds. The van der Waals surface area contributed by atoms with Crippen molar-refractivity contribution in [2.75, 3.05) is 6.54 Å². The number of amides is 1. The Labute approximate surface area is 212 Å². The summed E-state index contributed by atoms with van der Waals surface area (Å²) in [5.41, 5.74) is 5.40. The second-order valence-electron chi connectivity index (χ2n) is 9.04. The number of carboxylic acid groups (broad SMARTS) is 1. The normalized spacial score (nSPS) is 16.8. The Morgan fingerprint density at radius 1 is 1.00 bits per heavy atom. The van der Waals surface area contributed by atoms with E-state index in [2.05, 4.69) is 24.8 Å². The van der Waals surface area contributed by atoms with Gasteiger partial charge >= 0.3 is 5.97 Å². The summed E-state index contributed by atoms with van der Waals surface area (Å²) < 4.78 is 0. The van der Waals surface area contributed by atoms with Gasteiger partial charge in [0.2, 0.25) is 5.91 Å². The molecule has 0 saturated heterocycles. The standard InChI is InChI=1S/C31H28N2O3/c1-2-29-28-15-14-24(11-8-23-9-12-25(21-32)13-10-23)18-26(28)19-27(20-30(34)35)31(36)33(29)17-16-22-6-4-3-5-7-22/h3-7,9-10,12-15,18,27,29H,2,16-17,19-20H2,1H3,(H,34,35). The van der Waals surface area contributed by atoms with Gasteiger partial charge in [0.25, 0.3) is 0 Å². The molecule has 5 nitrogen and oxygen atoms in total. The first-order valence-corrected chi connectivity index (χ1v) is 12.2. The molecule has 0 spiro atoms. The molecule has 0 radical (unpaired) electrons. The van der Waals surface area contributed by atoms with Gasteiger partial charge in [0.15, 0.2) is 0 Å². The zero-order valence-electron chi connectivity index (χ0n) is 20.3. The molecule has 1 N–H and O–H groups in total. The third-order valence-electron chi connectivity index (χ3n) is 6.63. The van der Waals surface area contributed by atoms with E-state index in [1.54, 1.807) is 12.1 Å². The van der Waals surface area contributed by atoms with E-state index >= 15 is 0 Å². The van der Waals surface area contributed by atoms with Crippen molar-refractivity contribution >= 4 is 11.9 Å². The number of hydrogen-bond donors (Lipinski definition) is 1. The smallest absolute Gasteiger partial charge is 0.304 e. The van der Waals surface area contributed by atoms with E-state index < -0.39 is 11.9 Å². The monoisotopic (exact) mass is 476 g/mol. The number of carbonyl (C=O) groups is 2. The summed E-state index contributed by atoms with van der Waals surface area (Å²) in [6, 6.07) is 25.1. The summed E-state index contributed by atoms with van der Waals surface area (Å²) >= 11 is 0. The average molecular weight is 477 g/mol. The zero-order chi connectivity index (χ0) is 25.5. The van der Waals surface area contributed by atoms with Crippen LogP contribution in [-0.4, -0.2) is 28.4 Å². The molecular formula is C31H28N2O3. The van der Waals surface area contributed by atoms with E-state index in [0.29, 0.717) is 24.9 Å². The summed E-state index contributed by atoms with van der Waals surface area (Å²) in [7, 11) is 0. The molecule has 1 heterocycles. The van der Waals surface area contributed by atoms with Crippen molar-refractivity contribution in [2.24, 2.45) is 5.92 Å². The maximum absolute atomic E-state index is 13.6. The summed E-state index contributed by atoms with van der Waals surface area (Å²) in [5.74, 6) is 4.63. The topological polar surface area (TPSA) is 81.4 Å². The maximum Gasteiger partial charge on any atom is 0.304 e. The number of hydrogen-bond acceptors (Lipinski definition) is 3. The number of nitriles is 1. The molecule has 4 rings (SSSR count). The minimum Gasteiger partial charge on any atom is -0.481 e. The number of aliphatic carboxylic acids is 1. The van der Waals surface area contributed by atoms with Gasteiger partial charge in [-0.2, -0.15) is 5.26 Å². The van der Waals surface area contributed by atoms with Crippen LogP contribution in [0.15, 0.2) is 72.8 Å². The number of carbonyl (C=O) groups excluding carboxylic acids is 1. The lowest BCUT2D eigenvalue weighted by Crippen LogP contribution is -2.39. The molecule has 0 saturated carbocycles. The van der Waals surface area contributed by atoms with E-state index in [4.69, 9.17) is 5.26 Å². The van der Waals surface area contributed by atoms with Crippen molar-refractivity contribution in [3.8, 4) is 17.9 Å². The lowest BCUT2D eigenvalue weighted by Gasteiger charge is -2.32. The van der Waals surface area contributed by atoms with Crippen molar-refractivity contribution < 1.29 is 14.7 Å². The summed E-state index contributed by atoms with van der Waals surface area (Å²) in [6.07, 6.45) is 1.64. The van der Waals surface area contributed by atoms with Crippen molar-refractivity contribution in [2.45, 2.75) is 38.6 Å². The predicted octanol–water partition coefficient (Wildman–Crippen LogP) is 5.13. The molecule has 1 aliphatic rings. The molecule has 3 aromatic carbocycles. The van der Waals surface area contributed by atoms with Crippen molar-refractivity contribution in [1.29, 1.82) is 5.26 Å². The van der Waals surface area contributed by atoms with Crippen LogP contribution in [0.5, 0.6) is 0 Å². The molecule has 180 valence electrons. The molecule has 0 bridgehead atoms. The highest BCUT2D eigenvalue weighted by molar-refractivity contribution is 5.84. The van der Waals surface area contributed by atoms with Crippen molar-refractivity contribution in [1.82, 2.24) is 4.90 Å². The molecule has 2 atom stereocenters. The van der Waals surface area contributed by atoms with Crippen LogP contribution in [0.1, 0.15) is 59.2 Å². The fourth-order valence-electron chi connectivity index (χ4n) is 4.84. The van der Waals surface area contributed by atoms with Gasteiger partial charge in [-0.3, -0.25) is 9.59 Å². The minimum atomic E-state index is -0.968.